The summed E-state index contributed by atoms with van der Waals surface area (Å²) < 4.78 is 32.4. The largest absolute Gasteiger partial charge is 0.375 e. The van der Waals surface area contributed by atoms with E-state index >= 15 is 0 Å². The number of carbonyl (C=O) groups is 1. The average Bonchev–Trinajstić information content (AvgIpc) is 2.67. The van der Waals surface area contributed by atoms with E-state index in [1.54, 1.807) is 23.1 Å². The lowest BCUT2D eigenvalue weighted by Gasteiger charge is -2.29. The minimum atomic E-state index is -3.68. The first kappa shape index (κ1) is 20.1. The van der Waals surface area contributed by atoms with Crippen LogP contribution in [0.5, 0.6) is 0 Å². The summed E-state index contributed by atoms with van der Waals surface area (Å²) in [7, 11) is -2.20. The highest BCUT2D eigenvalue weighted by atomic mass is 32.2. The zero-order valence-corrected chi connectivity index (χ0v) is 16.8. The van der Waals surface area contributed by atoms with Crippen molar-refractivity contribution >= 4 is 33.4 Å². The third kappa shape index (κ3) is 4.99. The lowest BCUT2D eigenvalue weighted by molar-refractivity contribution is -0.122. The Morgan fingerprint density at radius 1 is 1.21 bits per heavy atom. The Balaban J connectivity index is 1.79. The normalized spacial score (nSPS) is 14.1. The fourth-order valence-corrected chi connectivity index (χ4v) is 4.00. The molecule has 1 aliphatic rings. The van der Waals surface area contributed by atoms with Crippen LogP contribution in [0.3, 0.4) is 0 Å². The zero-order valence-electron chi connectivity index (χ0n) is 16.0. The van der Waals surface area contributed by atoms with Gasteiger partial charge in [0.25, 0.3) is 15.9 Å². The Kier molecular flexibility index (Phi) is 6.16. The number of ether oxygens (including phenoxy) is 1. The molecule has 2 aromatic rings. The molecule has 0 unspecified atom stereocenters. The lowest BCUT2D eigenvalue weighted by atomic mass is 10.0. The van der Waals surface area contributed by atoms with Crippen LogP contribution in [0.15, 0.2) is 47.9 Å². The number of hydrogen-bond donors (Lipinski definition) is 1. The minimum Gasteiger partial charge on any atom is -0.375 e. The Hall–Kier alpha value is -2.64. The van der Waals surface area contributed by atoms with Crippen molar-refractivity contribution < 1.29 is 17.9 Å². The standard InChI is InChI=1S/C21H24N2O4S/c1-16-5-7-17(8-6-16)11-13-28(25,26)22-19-10-9-18-4-3-12-23(20(18)14-19)21(24)15-27-2/h5-11,13-14,22H,3-4,12,15H2,1-2H3. The third-order valence-corrected chi connectivity index (χ3v) is 5.56. The summed E-state index contributed by atoms with van der Waals surface area (Å²) in [6, 6.07) is 12.9. The predicted molar refractivity (Wildman–Crippen MR) is 112 cm³/mol. The van der Waals surface area contributed by atoms with Crippen molar-refractivity contribution in [2.45, 2.75) is 19.8 Å². The van der Waals surface area contributed by atoms with Crippen LogP contribution in [0.25, 0.3) is 6.08 Å². The average molecular weight is 401 g/mol. The Morgan fingerprint density at radius 3 is 2.68 bits per heavy atom. The number of sulfonamides is 1. The quantitative estimate of drug-likeness (QED) is 0.807. The molecule has 0 fully saturated rings. The van der Waals surface area contributed by atoms with Crippen molar-refractivity contribution in [3.8, 4) is 0 Å². The molecule has 0 saturated carbocycles. The van der Waals surface area contributed by atoms with E-state index < -0.39 is 10.0 Å². The van der Waals surface area contributed by atoms with Crippen molar-refractivity contribution in [3.05, 3.63) is 64.6 Å². The maximum Gasteiger partial charge on any atom is 0.255 e. The number of aryl methyl sites for hydroxylation is 2. The highest BCUT2D eigenvalue weighted by Crippen LogP contribution is 2.30. The number of carbonyl (C=O) groups excluding carboxylic acids is 1. The van der Waals surface area contributed by atoms with E-state index in [0.29, 0.717) is 12.2 Å². The second-order valence-corrected chi connectivity index (χ2v) is 8.35. The van der Waals surface area contributed by atoms with Gasteiger partial charge in [-0.3, -0.25) is 9.52 Å². The van der Waals surface area contributed by atoms with Crippen LogP contribution < -0.4 is 9.62 Å². The van der Waals surface area contributed by atoms with Crippen molar-refractivity contribution in [2.75, 3.05) is 29.9 Å². The molecule has 2 aromatic carbocycles. The number of nitrogens with one attached hydrogen (secondary N) is 1. The molecule has 7 heteroatoms. The summed E-state index contributed by atoms with van der Waals surface area (Å²) in [4.78, 5) is 13.9. The summed E-state index contributed by atoms with van der Waals surface area (Å²) in [6.45, 7) is 2.57. The first-order valence-corrected chi connectivity index (χ1v) is 10.6. The van der Waals surface area contributed by atoms with E-state index in [1.807, 2.05) is 37.3 Å². The van der Waals surface area contributed by atoms with Gasteiger partial charge in [-0.15, -0.1) is 0 Å². The zero-order chi connectivity index (χ0) is 20.1. The molecule has 6 nitrogen and oxygen atoms in total. The molecule has 0 radical (unpaired) electrons. The molecule has 0 aliphatic carbocycles. The Morgan fingerprint density at radius 2 is 1.96 bits per heavy atom. The van der Waals surface area contributed by atoms with Gasteiger partial charge in [0.2, 0.25) is 0 Å². The molecule has 0 bridgehead atoms. The molecule has 1 N–H and O–H groups in total. The smallest absolute Gasteiger partial charge is 0.255 e. The number of amides is 1. The number of anilines is 2. The molecule has 0 spiro atoms. The van der Waals surface area contributed by atoms with Crippen LogP contribution >= 0.6 is 0 Å². The molecular weight excluding hydrogens is 376 g/mol. The van der Waals surface area contributed by atoms with Gasteiger partial charge < -0.3 is 9.64 Å². The van der Waals surface area contributed by atoms with Crippen molar-refractivity contribution in [1.29, 1.82) is 0 Å². The number of hydrogen-bond acceptors (Lipinski definition) is 4. The van der Waals surface area contributed by atoms with Crippen LogP contribution in [0, 0.1) is 6.92 Å². The summed E-state index contributed by atoms with van der Waals surface area (Å²) in [5.74, 6) is -0.136. The number of rotatable bonds is 6. The fourth-order valence-electron chi connectivity index (χ4n) is 3.14. The van der Waals surface area contributed by atoms with Gasteiger partial charge in [0.15, 0.2) is 0 Å². The maximum absolute atomic E-state index is 12.4. The van der Waals surface area contributed by atoms with Crippen molar-refractivity contribution in [3.63, 3.8) is 0 Å². The van der Waals surface area contributed by atoms with E-state index in [1.165, 1.54) is 7.11 Å². The first-order chi connectivity index (χ1) is 13.4. The van der Waals surface area contributed by atoms with Gasteiger partial charge in [0, 0.05) is 19.3 Å². The molecule has 0 aromatic heterocycles. The van der Waals surface area contributed by atoms with Crippen molar-refractivity contribution in [2.24, 2.45) is 0 Å². The van der Waals surface area contributed by atoms with Crippen LogP contribution in [0.1, 0.15) is 23.1 Å². The van der Waals surface area contributed by atoms with E-state index in [-0.39, 0.29) is 12.5 Å². The van der Waals surface area contributed by atoms with Gasteiger partial charge in [0.1, 0.15) is 6.61 Å². The second-order valence-electron chi connectivity index (χ2n) is 6.79. The summed E-state index contributed by atoms with van der Waals surface area (Å²) >= 11 is 0. The fraction of sp³-hybridized carbons (Fsp3) is 0.286. The van der Waals surface area contributed by atoms with Crippen LogP contribution in [-0.2, 0) is 26.0 Å². The highest BCUT2D eigenvalue weighted by molar-refractivity contribution is 7.95. The molecule has 0 atom stereocenters. The summed E-state index contributed by atoms with van der Waals surface area (Å²) in [6.07, 6.45) is 3.27. The van der Waals surface area contributed by atoms with Crippen LogP contribution in [0.4, 0.5) is 11.4 Å². The number of fused-ring (bicyclic) bond motifs is 1. The molecule has 148 valence electrons. The summed E-state index contributed by atoms with van der Waals surface area (Å²) in [5.41, 5.74) is 4.09. The lowest BCUT2D eigenvalue weighted by Crippen LogP contribution is -2.37. The highest BCUT2D eigenvalue weighted by Gasteiger charge is 2.23. The van der Waals surface area contributed by atoms with Gasteiger partial charge in [-0.1, -0.05) is 35.9 Å². The molecule has 1 aliphatic heterocycles. The van der Waals surface area contributed by atoms with Gasteiger partial charge in [-0.25, -0.2) is 8.42 Å². The van der Waals surface area contributed by atoms with E-state index in [2.05, 4.69) is 4.72 Å². The van der Waals surface area contributed by atoms with Gasteiger partial charge in [-0.2, -0.15) is 0 Å². The molecule has 1 amide bonds. The van der Waals surface area contributed by atoms with Crippen LogP contribution in [0.2, 0.25) is 0 Å². The second kappa shape index (κ2) is 8.58. The molecule has 1 heterocycles. The number of benzene rings is 2. The van der Waals surface area contributed by atoms with Crippen LogP contribution in [-0.4, -0.2) is 34.6 Å². The monoisotopic (exact) mass is 400 g/mol. The number of nitrogens with zero attached hydrogens (tertiary/aromatic N) is 1. The minimum absolute atomic E-state index is 0.00528. The molecular formula is C21H24N2O4S. The topological polar surface area (TPSA) is 75.7 Å². The van der Waals surface area contributed by atoms with Crippen molar-refractivity contribution in [1.82, 2.24) is 0 Å². The van der Waals surface area contributed by atoms with Gasteiger partial charge in [-0.05, 0) is 49.1 Å². The maximum atomic E-state index is 12.4. The predicted octanol–water partition coefficient (Wildman–Crippen LogP) is 3.33. The van der Waals surface area contributed by atoms with Gasteiger partial charge in [0.05, 0.1) is 11.1 Å². The van der Waals surface area contributed by atoms with E-state index in [4.69, 9.17) is 4.74 Å². The Bertz CT molecular complexity index is 982. The third-order valence-electron chi connectivity index (χ3n) is 4.55. The molecule has 28 heavy (non-hydrogen) atoms. The summed E-state index contributed by atoms with van der Waals surface area (Å²) in [5, 5.41) is 1.14. The number of methoxy groups -OCH3 is 1. The Labute approximate surface area is 165 Å². The first-order valence-electron chi connectivity index (χ1n) is 9.08. The van der Waals surface area contributed by atoms with E-state index in [9.17, 15) is 13.2 Å². The molecule has 3 rings (SSSR count). The van der Waals surface area contributed by atoms with Gasteiger partial charge >= 0.3 is 0 Å². The van der Waals surface area contributed by atoms with E-state index in [0.717, 1.165) is 40.6 Å². The SMILES string of the molecule is COCC(=O)N1CCCc2ccc(NS(=O)(=O)C=Cc3ccc(C)cc3)cc21. The molecule has 0 saturated heterocycles.